The van der Waals surface area contributed by atoms with Crippen molar-refractivity contribution in [3.05, 3.63) is 77.1 Å². The smallest absolute Gasteiger partial charge is 0.287 e. The first-order valence-corrected chi connectivity index (χ1v) is 12.0. The molecular formula is C23H22F2N2O4S. The number of hydrogen-bond donors (Lipinski definition) is 2. The Morgan fingerprint density at radius 2 is 1.81 bits per heavy atom. The maximum absolute atomic E-state index is 14.1. The average Bonchev–Trinajstić information content (AvgIpc) is 3.46. The Hall–Kier alpha value is -3.20. The van der Waals surface area contributed by atoms with Crippen molar-refractivity contribution in [2.45, 2.75) is 25.2 Å². The van der Waals surface area contributed by atoms with Crippen molar-refractivity contribution < 1.29 is 26.4 Å². The van der Waals surface area contributed by atoms with Crippen LogP contribution in [0.4, 0.5) is 14.5 Å². The van der Waals surface area contributed by atoms with Crippen LogP contribution in [0.15, 0.2) is 52.9 Å². The average molecular weight is 461 g/mol. The van der Waals surface area contributed by atoms with Crippen LogP contribution >= 0.6 is 0 Å². The van der Waals surface area contributed by atoms with Crippen molar-refractivity contribution in [2.75, 3.05) is 17.5 Å². The Labute approximate surface area is 184 Å². The van der Waals surface area contributed by atoms with E-state index in [4.69, 9.17) is 4.42 Å². The molecule has 0 aliphatic heterocycles. The molecule has 1 heterocycles. The molecule has 0 bridgehead atoms. The van der Waals surface area contributed by atoms with E-state index in [1.807, 2.05) is 16.9 Å². The molecule has 168 valence electrons. The van der Waals surface area contributed by atoms with Gasteiger partial charge in [0.1, 0.15) is 11.4 Å². The van der Waals surface area contributed by atoms with Crippen LogP contribution in [-0.2, 0) is 16.4 Å². The van der Waals surface area contributed by atoms with Crippen molar-refractivity contribution in [3.8, 4) is 11.3 Å². The standard InChI is InChI=1S/C23H22F2N2O4S/c1-32(29,30)27-22-18(24)11-14(12-19(22)25)9-10-26-23(28)21-8-7-20(31-21)17-4-2-3-16(13-17)15-5-6-15/h2-4,7-8,11-13,15,27H,5-6,9-10H2,1H3,(H,26,28). The van der Waals surface area contributed by atoms with E-state index in [0.717, 1.165) is 24.0 Å². The zero-order valence-electron chi connectivity index (χ0n) is 17.3. The van der Waals surface area contributed by atoms with Crippen LogP contribution in [0.5, 0.6) is 0 Å². The van der Waals surface area contributed by atoms with Crippen molar-refractivity contribution >= 4 is 21.6 Å². The predicted molar refractivity (Wildman–Crippen MR) is 117 cm³/mol. The van der Waals surface area contributed by atoms with Gasteiger partial charge in [-0.2, -0.15) is 0 Å². The first-order valence-electron chi connectivity index (χ1n) is 10.1. The zero-order chi connectivity index (χ0) is 22.9. The number of halogens is 2. The number of rotatable bonds is 8. The van der Waals surface area contributed by atoms with E-state index in [-0.39, 0.29) is 24.3 Å². The maximum Gasteiger partial charge on any atom is 0.287 e. The normalized spacial score (nSPS) is 13.7. The molecule has 3 aromatic rings. The lowest BCUT2D eigenvalue weighted by molar-refractivity contribution is 0.0927. The molecule has 0 atom stereocenters. The molecule has 6 nitrogen and oxygen atoms in total. The van der Waals surface area contributed by atoms with Crippen LogP contribution < -0.4 is 10.0 Å². The first kappa shape index (κ1) is 22.0. The van der Waals surface area contributed by atoms with Gasteiger partial charge >= 0.3 is 0 Å². The quantitative estimate of drug-likeness (QED) is 0.520. The Bertz CT molecular complexity index is 1240. The predicted octanol–water partition coefficient (Wildman–Crippen LogP) is 4.45. The van der Waals surface area contributed by atoms with Crippen molar-refractivity contribution in [3.63, 3.8) is 0 Å². The number of carbonyl (C=O) groups excluding carboxylic acids is 1. The highest BCUT2D eigenvalue weighted by Gasteiger charge is 2.24. The van der Waals surface area contributed by atoms with Gasteiger partial charge < -0.3 is 9.73 Å². The Balaban J connectivity index is 1.36. The monoisotopic (exact) mass is 460 g/mol. The number of nitrogens with one attached hydrogen (secondary N) is 2. The minimum absolute atomic E-state index is 0.115. The van der Waals surface area contributed by atoms with Gasteiger partial charge in [0.2, 0.25) is 10.0 Å². The third kappa shape index (κ3) is 5.34. The topological polar surface area (TPSA) is 88.4 Å². The minimum Gasteiger partial charge on any atom is -0.451 e. The van der Waals surface area contributed by atoms with Gasteiger partial charge in [-0.1, -0.05) is 18.2 Å². The van der Waals surface area contributed by atoms with E-state index < -0.39 is 33.3 Å². The van der Waals surface area contributed by atoms with Gasteiger partial charge in [0, 0.05) is 12.1 Å². The number of sulfonamides is 1. The maximum atomic E-state index is 14.1. The molecule has 1 aliphatic rings. The van der Waals surface area contributed by atoms with Crippen LogP contribution in [0, 0.1) is 11.6 Å². The number of hydrogen-bond acceptors (Lipinski definition) is 4. The number of carbonyl (C=O) groups is 1. The van der Waals surface area contributed by atoms with Crippen molar-refractivity contribution in [1.29, 1.82) is 0 Å². The molecule has 4 rings (SSSR count). The first-order chi connectivity index (χ1) is 15.2. The zero-order valence-corrected chi connectivity index (χ0v) is 18.1. The highest BCUT2D eigenvalue weighted by atomic mass is 32.2. The van der Waals surface area contributed by atoms with Gasteiger partial charge in [0.05, 0.1) is 6.26 Å². The third-order valence-corrected chi connectivity index (χ3v) is 5.71. The molecule has 1 aliphatic carbocycles. The number of anilines is 1. The van der Waals surface area contributed by atoms with E-state index in [9.17, 15) is 22.0 Å². The molecule has 0 saturated heterocycles. The molecular weight excluding hydrogens is 438 g/mol. The number of furan rings is 1. The second-order valence-electron chi connectivity index (χ2n) is 7.88. The van der Waals surface area contributed by atoms with Crippen molar-refractivity contribution in [2.24, 2.45) is 0 Å². The largest absolute Gasteiger partial charge is 0.451 e. The molecule has 0 unspecified atom stereocenters. The summed E-state index contributed by atoms with van der Waals surface area (Å²) < 4.78 is 58.1. The molecule has 1 aromatic heterocycles. The van der Waals surface area contributed by atoms with Crippen LogP contribution in [-0.4, -0.2) is 27.1 Å². The lowest BCUT2D eigenvalue weighted by Gasteiger charge is -2.09. The summed E-state index contributed by atoms with van der Waals surface area (Å²) in [5.74, 6) is -1.15. The second-order valence-corrected chi connectivity index (χ2v) is 9.63. The molecule has 2 N–H and O–H groups in total. The summed E-state index contributed by atoms with van der Waals surface area (Å²) in [7, 11) is -3.81. The highest BCUT2D eigenvalue weighted by molar-refractivity contribution is 7.92. The molecule has 0 radical (unpaired) electrons. The van der Waals surface area contributed by atoms with E-state index >= 15 is 0 Å². The number of benzene rings is 2. The SMILES string of the molecule is CS(=O)(=O)Nc1c(F)cc(CCNC(=O)c2ccc(-c3cccc(C4CC4)c3)o2)cc1F. The van der Waals surface area contributed by atoms with Crippen LogP contribution in [0.2, 0.25) is 0 Å². The summed E-state index contributed by atoms with van der Waals surface area (Å²) >= 11 is 0. The summed E-state index contributed by atoms with van der Waals surface area (Å²) in [4.78, 5) is 12.4. The lowest BCUT2D eigenvalue weighted by Crippen LogP contribution is -2.25. The summed E-state index contributed by atoms with van der Waals surface area (Å²) in [6.45, 7) is 0.115. The van der Waals surface area contributed by atoms with Crippen LogP contribution in [0.3, 0.4) is 0 Å². The molecule has 1 fully saturated rings. The minimum atomic E-state index is -3.81. The van der Waals surface area contributed by atoms with E-state index in [1.165, 1.54) is 18.4 Å². The summed E-state index contributed by atoms with van der Waals surface area (Å²) in [6.07, 6.45) is 3.34. The van der Waals surface area contributed by atoms with E-state index in [0.29, 0.717) is 11.7 Å². The second kappa shape index (κ2) is 8.74. The Kier molecular flexibility index (Phi) is 6.01. The molecule has 1 saturated carbocycles. The summed E-state index contributed by atoms with van der Waals surface area (Å²) in [5.41, 5.74) is 1.72. The van der Waals surface area contributed by atoms with Gasteiger partial charge in [-0.3, -0.25) is 9.52 Å². The molecule has 2 aromatic carbocycles. The third-order valence-electron chi connectivity index (χ3n) is 5.14. The van der Waals surface area contributed by atoms with Crippen LogP contribution in [0.1, 0.15) is 40.4 Å². The molecule has 0 spiro atoms. The number of amides is 1. The molecule has 1 amide bonds. The van der Waals surface area contributed by atoms with Gasteiger partial charge in [-0.05, 0) is 66.6 Å². The fourth-order valence-corrected chi connectivity index (χ4v) is 4.00. The van der Waals surface area contributed by atoms with Gasteiger partial charge in [0.25, 0.3) is 5.91 Å². The van der Waals surface area contributed by atoms with E-state index in [2.05, 4.69) is 17.4 Å². The van der Waals surface area contributed by atoms with Crippen LogP contribution in [0.25, 0.3) is 11.3 Å². The van der Waals surface area contributed by atoms with Gasteiger partial charge in [0.15, 0.2) is 17.4 Å². The fraction of sp³-hybridized carbons (Fsp3) is 0.261. The summed E-state index contributed by atoms with van der Waals surface area (Å²) in [5, 5.41) is 2.65. The molecule has 32 heavy (non-hydrogen) atoms. The highest BCUT2D eigenvalue weighted by Crippen LogP contribution is 2.41. The molecule has 9 heteroatoms. The van der Waals surface area contributed by atoms with E-state index in [1.54, 1.807) is 12.1 Å². The van der Waals surface area contributed by atoms with Gasteiger partial charge in [-0.15, -0.1) is 0 Å². The Morgan fingerprint density at radius 3 is 2.47 bits per heavy atom. The Morgan fingerprint density at radius 1 is 1.09 bits per heavy atom. The van der Waals surface area contributed by atoms with Gasteiger partial charge in [-0.25, -0.2) is 17.2 Å². The van der Waals surface area contributed by atoms with Crippen molar-refractivity contribution in [1.82, 2.24) is 5.32 Å². The lowest BCUT2D eigenvalue weighted by atomic mass is 10.1. The fourth-order valence-electron chi connectivity index (χ4n) is 3.44. The summed E-state index contributed by atoms with van der Waals surface area (Å²) in [6, 6.07) is 13.4.